The summed E-state index contributed by atoms with van der Waals surface area (Å²) in [7, 11) is 0. The number of carbonyl (C=O) groups is 1. The number of aliphatic hydroxyl groups is 1. The Morgan fingerprint density at radius 3 is 3.04 bits per heavy atom. The van der Waals surface area contributed by atoms with E-state index in [9.17, 15) is 9.90 Å². The van der Waals surface area contributed by atoms with E-state index in [1.807, 2.05) is 12.1 Å². The van der Waals surface area contributed by atoms with Gasteiger partial charge in [-0.3, -0.25) is 9.89 Å². The highest BCUT2D eigenvalue weighted by atomic mass is 16.5. The number of hydrogen-bond donors (Lipinski definition) is 3. The van der Waals surface area contributed by atoms with E-state index >= 15 is 0 Å². The number of H-pyrrole nitrogens is 1. The highest BCUT2D eigenvalue weighted by Gasteiger charge is 2.36. The molecule has 1 atom stereocenters. The van der Waals surface area contributed by atoms with Crippen LogP contribution in [-0.2, 0) is 6.42 Å². The minimum atomic E-state index is -0.286. The van der Waals surface area contributed by atoms with Gasteiger partial charge in [0.05, 0.1) is 18.8 Å². The summed E-state index contributed by atoms with van der Waals surface area (Å²) in [5, 5.41) is 18.9. The number of carbonyl (C=O) groups excluding carboxylic acids is 1. The number of ether oxygens (including phenoxy) is 1. The van der Waals surface area contributed by atoms with Gasteiger partial charge in [-0.2, -0.15) is 5.10 Å². The summed E-state index contributed by atoms with van der Waals surface area (Å²) >= 11 is 0. The Labute approximate surface area is 133 Å². The lowest BCUT2D eigenvalue weighted by Gasteiger charge is -2.38. The second-order valence-corrected chi connectivity index (χ2v) is 6.14. The lowest BCUT2D eigenvalue weighted by molar-refractivity contribution is 0.0234. The van der Waals surface area contributed by atoms with Gasteiger partial charge in [-0.25, -0.2) is 4.98 Å². The smallest absolute Gasteiger partial charge is 0.289 e. The first-order valence-corrected chi connectivity index (χ1v) is 7.80. The Kier molecular flexibility index (Phi) is 3.49. The number of fused-ring (bicyclic) bond motifs is 1. The summed E-state index contributed by atoms with van der Waals surface area (Å²) in [6.07, 6.45) is 3.30. The van der Waals surface area contributed by atoms with Crippen molar-refractivity contribution in [3.8, 4) is 5.75 Å². The van der Waals surface area contributed by atoms with Gasteiger partial charge < -0.3 is 15.2 Å². The largest absolute Gasteiger partial charge is 0.493 e. The van der Waals surface area contributed by atoms with Gasteiger partial charge >= 0.3 is 0 Å². The van der Waals surface area contributed by atoms with Crippen LogP contribution in [0.15, 0.2) is 24.5 Å². The molecule has 0 radical (unpaired) electrons. The molecule has 120 valence electrons. The zero-order chi connectivity index (χ0) is 15.8. The molecule has 23 heavy (non-hydrogen) atoms. The van der Waals surface area contributed by atoms with Crippen LogP contribution in [0, 0.1) is 5.92 Å². The lowest BCUT2D eigenvalue weighted by atomic mass is 9.75. The topological polar surface area (TPSA) is 100 Å². The fourth-order valence-corrected chi connectivity index (χ4v) is 3.30. The van der Waals surface area contributed by atoms with Gasteiger partial charge in [0, 0.05) is 6.42 Å². The van der Waals surface area contributed by atoms with Crippen molar-refractivity contribution >= 4 is 5.91 Å². The molecule has 2 aromatic rings. The third-order valence-electron chi connectivity index (χ3n) is 4.61. The summed E-state index contributed by atoms with van der Waals surface area (Å²) in [5.74, 6) is 1.05. The molecule has 1 aliphatic heterocycles. The molecule has 7 nitrogen and oxygen atoms in total. The van der Waals surface area contributed by atoms with Crippen LogP contribution in [0.3, 0.4) is 0 Å². The average molecular weight is 314 g/mol. The van der Waals surface area contributed by atoms with E-state index < -0.39 is 0 Å². The number of hydrogen-bond acceptors (Lipinski definition) is 5. The number of benzene rings is 1. The normalized spacial score (nSPS) is 23.5. The maximum Gasteiger partial charge on any atom is 0.289 e. The number of aliphatic hydroxyl groups excluding tert-OH is 1. The van der Waals surface area contributed by atoms with Crippen molar-refractivity contribution in [2.45, 2.75) is 31.4 Å². The molecule has 1 fully saturated rings. The Hall–Kier alpha value is -2.41. The Morgan fingerprint density at radius 2 is 2.30 bits per heavy atom. The van der Waals surface area contributed by atoms with Crippen molar-refractivity contribution < 1.29 is 14.6 Å². The maximum absolute atomic E-state index is 12.3. The van der Waals surface area contributed by atoms with E-state index in [0.29, 0.717) is 19.4 Å². The van der Waals surface area contributed by atoms with Crippen LogP contribution in [0.25, 0.3) is 0 Å². The highest BCUT2D eigenvalue weighted by molar-refractivity contribution is 5.90. The van der Waals surface area contributed by atoms with E-state index in [1.165, 1.54) is 11.9 Å². The molecule has 7 heteroatoms. The van der Waals surface area contributed by atoms with Crippen LogP contribution in [0.5, 0.6) is 5.75 Å². The lowest BCUT2D eigenvalue weighted by Crippen LogP contribution is -2.41. The van der Waals surface area contributed by atoms with Crippen molar-refractivity contribution in [1.29, 1.82) is 0 Å². The number of nitrogens with one attached hydrogen (secondary N) is 2. The molecule has 2 aliphatic rings. The molecule has 3 N–H and O–H groups in total. The quantitative estimate of drug-likeness (QED) is 0.781. The van der Waals surface area contributed by atoms with Gasteiger partial charge in [-0.05, 0) is 42.0 Å². The Balaban J connectivity index is 1.59. The molecular weight excluding hydrogens is 296 g/mol. The molecule has 0 spiro atoms. The van der Waals surface area contributed by atoms with E-state index in [1.54, 1.807) is 0 Å². The molecule has 0 bridgehead atoms. The van der Waals surface area contributed by atoms with E-state index in [4.69, 9.17) is 4.74 Å². The van der Waals surface area contributed by atoms with Crippen molar-refractivity contribution in [1.82, 2.24) is 20.5 Å². The monoisotopic (exact) mass is 314 g/mol. The fourth-order valence-electron chi connectivity index (χ4n) is 3.30. The Morgan fingerprint density at radius 1 is 1.43 bits per heavy atom. The SMILES string of the molecule is O=C(NC(c1ccc2c(c1)CCO2)C1CC(O)C1)c1ncn[nH]1. The second kappa shape index (κ2) is 5.66. The zero-order valence-corrected chi connectivity index (χ0v) is 12.5. The van der Waals surface area contributed by atoms with Crippen molar-refractivity contribution in [3.63, 3.8) is 0 Å². The number of amides is 1. The summed E-state index contributed by atoms with van der Waals surface area (Å²) in [5.41, 5.74) is 2.21. The number of rotatable bonds is 4. The standard InChI is InChI=1S/C16H18N4O3/c21-12-6-11(7-12)14(19-16(22)15-17-8-18-20-15)10-1-2-13-9(5-10)3-4-23-13/h1-2,5,8,11-12,14,21H,3-4,6-7H2,(H,19,22)(H,17,18,20). The van der Waals surface area contributed by atoms with Gasteiger partial charge in [-0.15, -0.1) is 0 Å². The van der Waals surface area contributed by atoms with E-state index in [2.05, 4.69) is 26.6 Å². The summed E-state index contributed by atoms with van der Waals surface area (Å²) in [4.78, 5) is 16.2. The van der Waals surface area contributed by atoms with E-state index in [-0.39, 0.29) is 29.8 Å². The molecule has 2 heterocycles. The van der Waals surface area contributed by atoms with Gasteiger partial charge in [0.25, 0.3) is 5.91 Å². The van der Waals surface area contributed by atoms with Crippen molar-refractivity contribution in [2.75, 3.05) is 6.61 Å². The zero-order valence-electron chi connectivity index (χ0n) is 12.5. The first kappa shape index (κ1) is 14.2. The van der Waals surface area contributed by atoms with Crippen molar-refractivity contribution in [2.24, 2.45) is 5.92 Å². The molecule has 1 unspecified atom stereocenters. The minimum Gasteiger partial charge on any atom is -0.493 e. The first-order chi connectivity index (χ1) is 11.2. The highest BCUT2D eigenvalue weighted by Crippen LogP contribution is 2.39. The minimum absolute atomic E-state index is 0.151. The van der Waals surface area contributed by atoms with Crippen LogP contribution in [-0.4, -0.2) is 38.9 Å². The Bertz CT molecular complexity index is 710. The van der Waals surface area contributed by atoms with Gasteiger partial charge in [0.15, 0.2) is 0 Å². The second-order valence-electron chi connectivity index (χ2n) is 6.14. The summed E-state index contributed by atoms with van der Waals surface area (Å²) < 4.78 is 5.54. The number of aromatic nitrogens is 3. The van der Waals surface area contributed by atoms with Gasteiger partial charge in [-0.1, -0.05) is 6.07 Å². The first-order valence-electron chi connectivity index (χ1n) is 7.80. The maximum atomic E-state index is 12.3. The average Bonchev–Trinajstić information content (AvgIpc) is 3.19. The predicted octanol–water partition coefficient (Wildman–Crippen LogP) is 0.982. The molecule has 0 saturated heterocycles. The van der Waals surface area contributed by atoms with Crippen LogP contribution >= 0.6 is 0 Å². The predicted molar refractivity (Wildman–Crippen MR) is 81.0 cm³/mol. The molecule has 1 aliphatic carbocycles. The number of aromatic amines is 1. The fraction of sp³-hybridized carbons (Fsp3) is 0.438. The molecule has 1 aromatic carbocycles. The molecule has 4 rings (SSSR count). The molecule has 1 aromatic heterocycles. The van der Waals surface area contributed by atoms with Crippen molar-refractivity contribution in [3.05, 3.63) is 41.5 Å². The van der Waals surface area contributed by atoms with Crippen LogP contribution in [0.1, 0.15) is 40.6 Å². The molecule has 1 saturated carbocycles. The summed E-state index contributed by atoms with van der Waals surface area (Å²) in [6.45, 7) is 0.704. The molecular formula is C16H18N4O3. The molecule has 1 amide bonds. The summed E-state index contributed by atoms with van der Waals surface area (Å²) in [6, 6.07) is 5.89. The van der Waals surface area contributed by atoms with Crippen LogP contribution < -0.4 is 10.1 Å². The van der Waals surface area contributed by atoms with Crippen LogP contribution in [0.4, 0.5) is 0 Å². The third kappa shape index (κ3) is 2.68. The van der Waals surface area contributed by atoms with Gasteiger partial charge in [0.2, 0.25) is 5.82 Å². The van der Waals surface area contributed by atoms with Crippen LogP contribution in [0.2, 0.25) is 0 Å². The van der Waals surface area contributed by atoms with E-state index in [0.717, 1.165) is 17.7 Å². The number of nitrogens with zero attached hydrogens (tertiary/aromatic N) is 2. The van der Waals surface area contributed by atoms with Gasteiger partial charge in [0.1, 0.15) is 12.1 Å². The third-order valence-corrected chi connectivity index (χ3v) is 4.61.